The van der Waals surface area contributed by atoms with E-state index in [4.69, 9.17) is 37.2 Å². The standard InChI is InChI=1S/C29H26Cl2FN3O4/c1-16-10-18(32)11-23(31)25(16)26-20(27(39-34-26)17-5-6-17)13-38-19-7-8-21(22(30)12-19)29(36)14-35(15-29)24-4-3-9-33-28(24)37-2/h3-4,7-12,17,36H,5-6,13-15H2,1-2H3. The van der Waals surface area contributed by atoms with Crippen LogP contribution in [0.1, 0.15) is 41.2 Å². The van der Waals surface area contributed by atoms with Gasteiger partial charge >= 0.3 is 0 Å². The van der Waals surface area contributed by atoms with E-state index in [0.29, 0.717) is 52.1 Å². The molecule has 6 rings (SSSR count). The van der Waals surface area contributed by atoms with Crippen LogP contribution in [-0.2, 0) is 12.2 Å². The molecule has 0 spiro atoms. The fourth-order valence-electron chi connectivity index (χ4n) is 5.15. The van der Waals surface area contributed by atoms with E-state index in [1.165, 1.54) is 12.1 Å². The minimum Gasteiger partial charge on any atom is -0.489 e. The first-order valence-corrected chi connectivity index (χ1v) is 13.4. The van der Waals surface area contributed by atoms with E-state index in [2.05, 4.69) is 10.1 Å². The first kappa shape index (κ1) is 25.9. The molecule has 0 radical (unpaired) electrons. The van der Waals surface area contributed by atoms with Gasteiger partial charge in [0.05, 0.1) is 35.8 Å². The number of hydrogen-bond donors (Lipinski definition) is 1. The Morgan fingerprint density at radius 1 is 1.15 bits per heavy atom. The molecule has 2 fully saturated rings. The summed E-state index contributed by atoms with van der Waals surface area (Å²) in [5.74, 6) is 1.68. The molecule has 0 atom stereocenters. The number of hydrogen-bond acceptors (Lipinski definition) is 7. The van der Waals surface area contributed by atoms with Gasteiger partial charge in [0.25, 0.3) is 0 Å². The van der Waals surface area contributed by atoms with Gasteiger partial charge < -0.3 is 24.0 Å². The van der Waals surface area contributed by atoms with Crippen LogP contribution >= 0.6 is 23.2 Å². The second-order valence-corrected chi connectivity index (χ2v) is 10.9. The van der Waals surface area contributed by atoms with Gasteiger partial charge in [-0.2, -0.15) is 0 Å². The Morgan fingerprint density at radius 2 is 1.95 bits per heavy atom. The van der Waals surface area contributed by atoms with Crippen LogP contribution in [0.5, 0.6) is 11.6 Å². The minimum atomic E-state index is -1.12. The van der Waals surface area contributed by atoms with Gasteiger partial charge in [-0.15, -0.1) is 0 Å². The SMILES string of the molecule is COc1ncccc1N1CC(O)(c2ccc(OCc3c(-c4c(C)cc(F)cc4Cl)noc3C3CC3)cc2Cl)C1. The van der Waals surface area contributed by atoms with Crippen LogP contribution in [0.2, 0.25) is 10.0 Å². The molecule has 7 nitrogen and oxygen atoms in total. The van der Waals surface area contributed by atoms with Crippen LogP contribution in [-0.4, -0.2) is 35.4 Å². The number of aliphatic hydroxyl groups is 1. The van der Waals surface area contributed by atoms with Crippen molar-refractivity contribution in [1.29, 1.82) is 0 Å². The zero-order chi connectivity index (χ0) is 27.3. The number of halogens is 3. The number of rotatable bonds is 8. The number of benzene rings is 2. The minimum absolute atomic E-state index is 0.173. The number of pyridine rings is 1. The summed E-state index contributed by atoms with van der Waals surface area (Å²) < 4.78 is 31.1. The fourth-order valence-corrected chi connectivity index (χ4v) is 5.84. The summed E-state index contributed by atoms with van der Waals surface area (Å²) in [6.07, 6.45) is 3.69. The molecule has 1 saturated carbocycles. The van der Waals surface area contributed by atoms with Crippen LogP contribution < -0.4 is 14.4 Å². The first-order valence-electron chi connectivity index (χ1n) is 12.6. The molecule has 1 aliphatic carbocycles. The van der Waals surface area contributed by atoms with Crippen molar-refractivity contribution in [3.05, 3.63) is 87.0 Å². The fraction of sp³-hybridized carbons (Fsp3) is 0.310. The molecule has 1 N–H and O–H groups in total. The molecule has 202 valence electrons. The molecule has 10 heteroatoms. The van der Waals surface area contributed by atoms with Gasteiger partial charge in [0, 0.05) is 23.2 Å². The molecular formula is C29H26Cl2FN3O4. The molecule has 0 amide bonds. The van der Waals surface area contributed by atoms with Crippen molar-refractivity contribution in [3.63, 3.8) is 0 Å². The van der Waals surface area contributed by atoms with E-state index in [9.17, 15) is 9.50 Å². The van der Waals surface area contributed by atoms with Crippen LogP contribution in [0.25, 0.3) is 11.3 Å². The highest BCUT2D eigenvalue weighted by Gasteiger charge is 2.45. The highest BCUT2D eigenvalue weighted by molar-refractivity contribution is 6.33. The van der Waals surface area contributed by atoms with Crippen molar-refractivity contribution in [3.8, 4) is 22.9 Å². The molecule has 2 aromatic heterocycles. The molecule has 0 unspecified atom stereocenters. The van der Waals surface area contributed by atoms with Crippen LogP contribution in [0, 0.1) is 12.7 Å². The van der Waals surface area contributed by atoms with Gasteiger partial charge in [-0.1, -0.05) is 34.4 Å². The lowest BCUT2D eigenvalue weighted by Crippen LogP contribution is -2.59. The third-order valence-corrected chi connectivity index (χ3v) is 7.88. The number of methoxy groups -OCH3 is 1. The average Bonchev–Trinajstić information content (AvgIpc) is 3.65. The first-order chi connectivity index (χ1) is 18.8. The monoisotopic (exact) mass is 569 g/mol. The molecule has 2 aliphatic rings. The van der Waals surface area contributed by atoms with Gasteiger partial charge in [-0.05, 0) is 61.7 Å². The summed E-state index contributed by atoms with van der Waals surface area (Å²) in [6, 6.07) is 11.7. The zero-order valence-corrected chi connectivity index (χ0v) is 22.9. The largest absolute Gasteiger partial charge is 0.489 e. The number of aromatic nitrogens is 2. The predicted octanol–water partition coefficient (Wildman–Crippen LogP) is 6.66. The lowest BCUT2D eigenvalue weighted by Gasteiger charge is -2.48. The Hall–Kier alpha value is -3.33. The zero-order valence-electron chi connectivity index (χ0n) is 21.4. The molecule has 2 aromatic carbocycles. The lowest BCUT2D eigenvalue weighted by atomic mass is 9.85. The topological polar surface area (TPSA) is 80.9 Å². The Morgan fingerprint density at radius 3 is 2.64 bits per heavy atom. The van der Waals surface area contributed by atoms with E-state index in [1.807, 2.05) is 17.0 Å². The molecular weight excluding hydrogens is 544 g/mol. The summed E-state index contributed by atoms with van der Waals surface area (Å²) in [5, 5.41) is 16.2. The lowest BCUT2D eigenvalue weighted by molar-refractivity contribution is 0.00732. The smallest absolute Gasteiger partial charge is 0.237 e. The highest BCUT2D eigenvalue weighted by atomic mass is 35.5. The summed E-state index contributed by atoms with van der Waals surface area (Å²) in [7, 11) is 1.57. The summed E-state index contributed by atoms with van der Waals surface area (Å²) >= 11 is 13.0. The second-order valence-electron chi connectivity index (χ2n) is 10.1. The molecule has 0 bridgehead atoms. The van der Waals surface area contributed by atoms with Gasteiger partial charge in [0.15, 0.2) is 0 Å². The normalized spacial score (nSPS) is 16.2. The molecule has 39 heavy (non-hydrogen) atoms. The van der Waals surface area contributed by atoms with Crippen molar-refractivity contribution >= 4 is 28.9 Å². The number of ether oxygens (including phenoxy) is 2. The maximum absolute atomic E-state index is 13.9. The Bertz CT molecular complexity index is 1530. The van der Waals surface area contributed by atoms with E-state index >= 15 is 0 Å². The Labute approximate surface area is 235 Å². The number of aryl methyl sites for hydroxylation is 1. The summed E-state index contributed by atoms with van der Waals surface area (Å²) in [5.41, 5.74) is 2.94. The molecule has 4 aromatic rings. The van der Waals surface area contributed by atoms with E-state index < -0.39 is 11.4 Å². The van der Waals surface area contributed by atoms with Crippen LogP contribution in [0.4, 0.5) is 10.1 Å². The van der Waals surface area contributed by atoms with E-state index in [1.54, 1.807) is 38.4 Å². The van der Waals surface area contributed by atoms with E-state index in [0.717, 1.165) is 29.9 Å². The molecule has 1 saturated heterocycles. The number of nitrogens with zero attached hydrogens (tertiary/aromatic N) is 3. The maximum Gasteiger partial charge on any atom is 0.237 e. The van der Waals surface area contributed by atoms with Gasteiger partial charge in [0.2, 0.25) is 5.88 Å². The Balaban J connectivity index is 1.21. The maximum atomic E-state index is 13.9. The van der Waals surface area contributed by atoms with Crippen molar-refractivity contribution in [2.75, 3.05) is 25.1 Å². The summed E-state index contributed by atoms with van der Waals surface area (Å²) in [4.78, 5) is 6.22. The van der Waals surface area contributed by atoms with Gasteiger partial charge in [-0.3, -0.25) is 0 Å². The van der Waals surface area contributed by atoms with Crippen molar-refractivity contribution in [1.82, 2.24) is 10.1 Å². The van der Waals surface area contributed by atoms with Crippen LogP contribution in [0.15, 0.2) is 53.2 Å². The summed E-state index contributed by atoms with van der Waals surface area (Å²) in [6.45, 7) is 2.66. The van der Waals surface area contributed by atoms with Gasteiger partial charge in [-0.25, -0.2) is 9.37 Å². The quantitative estimate of drug-likeness (QED) is 0.254. The molecule has 1 aliphatic heterocycles. The Kier molecular flexibility index (Phi) is 6.65. The second kappa shape index (κ2) is 10.0. The number of β-amino-alcohol motifs (C(OH)–C–C–N with tert-alkyl or cyclic N) is 1. The average molecular weight is 570 g/mol. The third kappa shape index (κ3) is 4.81. The van der Waals surface area contributed by atoms with Crippen molar-refractivity contribution < 1.29 is 23.5 Å². The van der Waals surface area contributed by atoms with E-state index in [-0.39, 0.29) is 17.5 Å². The van der Waals surface area contributed by atoms with Crippen LogP contribution in [0.3, 0.4) is 0 Å². The predicted molar refractivity (Wildman–Crippen MR) is 146 cm³/mol. The van der Waals surface area contributed by atoms with Crippen molar-refractivity contribution in [2.24, 2.45) is 0 Å². The van der Waals surface area contributed by atoms with Gasteiger partial charge in [0.1, 0.15) is 40.9 Å². The highest BCUT2D eigenvalue weighted by Crippen LogP contribution is 2.46. The molecule has 3 heterocycles. The van der Waals surface area contributed by atoms with Crippen molar-refractivity contribution in [2.45, 2.75) is 37.9 Å². The number of anilines is 1. The third-order valence-electron chi connectivity index (χ3n) is 7.27.